The maximum atomic E-state index is 12.7. The van der Waals surface area contributed by atoms with Crippen LogP contribution in [0.4, 0.5) is 13.2 Å². The van der Waals surface area contributed by atoms with Crippen molar-refractivity contribution in [1.82, 2.24) is 4.90 Å². The zero-order chi connectivity index (χ0) is 19.1. The van der Waals surface area contributed by atoms with E-state index in [0.29, 0.717) is 0 Å². The van der Waals surface area contributed by atoms with Gasteiger partial charge >= 0.3 is 5.51 Å². The monoisotopic (exact) mass is 383 g/mol. The fraction of sp³-hybridized carbons (Fsp3) is 0.278. The Bertz CT molecular complexity index is 937. The summed E-state index contributed by atoms with van der Waals surface area (Å²) in [5, 5.41) is 0. The van der Waals surface area contributed by atoms with Crippen LogP contribution in [0.1, 0.15) is 33.9 Å². The number of sulfone groups is 1. The van der Waals surface area contributed by atoms with Crippen molar-refractivity contribution in [3.05, 3.63) is 65.2 Å². The van der Waals surface area contributed by atoms with Gasteiger partial charge in [0.05, 0.1) is 10.9 Å². The Labute approximate surface area is 149 Å². The Balaban J connectivity index is 1.83. The molecule has 0 aromatic heterocycles. The van der Waals surface area contributed by atoms with Gasteiger partial charge in [0.1, 0.15) is 0 Å². The Kier molecular flexibility index (Phi) is 4.56. The van der Waals surface area contributed by atoms with Gasteiger partial charge in [-0.1, -0.05) is 24.3 Å². The third-order valence-electron chi connectivity index (χ3n) is 4.61. The zero-order valence-corrected chi connectivity index (χ0v) is 14.6. The van der Waals surface area contributed by atoms with Gasteiger partial charge in [-0.25, -0.2) is 8.42 Å². The minimum atomic E-state index is -5.42. The number of carbonyl (C=O) groups excluding carboxylic acids is 1. The number of halogens is 3. The first kappa shape index (κ1) is 18.4. The summed E-state index contributed by atoms with van der Waals surface area (Å²) in [6, 6.07) is 11.5. The van der Waals surface area contributed by atoms with Gasteiger partial charge in [0.25, 0.3) is 15.7 Å². The topological polar surface area (TPSA) is 54.5 Å². The molecule has 1 atom stereocenters. The van der Waals surface area contributed by atoms with Crippen LogP contribution >= 0.6 is 0 Å². The second-order valence-electron chi connectivity index (χ2n) is 6.14. The van der Waals surface area contributed by atoms with Crippen molar-refractivity contribution in [3.8, 4) is 0 Å². The van der Waals surface area contributed by atoms with Crippen LogP contribution in [0.15, 0.2) is 53.4 Å². The molecule has 2 aromatic rings. The lowest BCUT2D eigenvalue weighted by Gasteiger charge is -2.25. The lowest BCUT2D eigenvalue weighted by Crippen LogP contribution is -2.30. The Morgan fingerprint density at radius 2 is 1.69 bits per heavy atom. The summed E-state index contributed by atoms with van der Waals surface area (Å²) < 4.78 is 60.6. The van der Waals surface area contributed by atoms with Crippen molar-refractivity contribution >= 4 is 15.7 Å². The first-order chi connectivity index (χ1) is 12.1. The number of amides is 1. The molecule has 26 heavy (non-hydrogen) atoms. The van der Waals surface area contributed by atoms with E-state index in [-0.39, 0.29) is 17.5 Å². The predicted octanol–water partition coefficient (Wildman–Crippen LogP) is 3.74. The van der Waals surface area contributed by atoms with Crippen molar-refractivity contribution < 1.29 is 26.4 Å². The molecule has 4 nitrogen and oxygen atoms in total. The molecule has 1 aliphatic carbocycles. The fourth-order valence-corrected chi connectivity index (χ4v) is 3.95. The number of nitrogens with zero attached hydrogens (tertiary/aromatic N) is 1. The van der Waals surface area contributed by atoms with Crippen LogP contribution in [0.5, 0.6) is 0 Å². The summed E-state index contributed by atoms with van der Waals surface area (Å²) in [5.41, 5.74) is -3.01. The molecule has 8 heteroatoms. The van der Waals surface area contributed by atoms with Gasteiger partial charge in [-0.15, -0.1) is 0 Å². The molecule has 0 fully saturated rings. The largest absolute Gasteiger partial charge is 0.501 e. The highest BCUT2D eigenvalue weighted by molar-refractivity contribution is 7.92. The minimum absolute atomic E-state index is 0.114. The van der Waals surface area contributed by atoms with E-state index in [1.54, 1.807) is 11.9 Å². The van der Waals surface area contributed by atoms with Crippen LogP contribution in [-0.4, -0.2) is 31.8 Å². The second-order valence-corrected chi connectivity index (χ2v) is 8.08. The summed E-state index contributed by atoms with van der Waals surface area (Å²) >= 11 is 0. The molecule has 3 rings (SSSR count). The predicted molar refractivity (Wildman–Crippen MR) is 89.3 cm³/mol. The third-order valence-corrected chi connectivity index (χ3v) is 6.11. The Morgan fingerprint density at radius 3 is 2.31 bits per heavy atom. The highest BCUT2D eigenvalue weighted by Gasteiger charge is 2.46. The molecule has 0 N–H and O–H groups in total. The van der Waals surface area contributed by atoms with E-state index in [4.69, 9.17) is 0 Å². The molecule has 0 saturated heterocycles. The van der Waals surface area contributed by atoms with Gasteiger partial charge in [0.15, 0.2) is 0 Å². The number of fused-ring (bicyclic) bond motifs is 1. The lowest BCUT2D eigenvalue weighted by atomic mass is 10.1. The van der Waals surface area contributed by atoms with Crippen molar-refractivity contribution in [3.63, 3.8) is 0 Å². The first-order valence-corrected chi connectivity index (χ1v) is 9.37. The smallest absolute Gasteiger partial charge is 0.335 e. The van der Waals surface area contributed by atoms with Gasteiger partial charge in [0.2, 0.25) is 0 Å². The number of rotatable bonds is 3. The number of carbonyl (C=O) groups is 1. The summed E-state index contributed by atoms with van der Waals surface area (Å²) in [6.45, 7) is 0. The van der Waals surface area contributed by atoms with Crippen LogP contribution < -0.4 is 0 Å². The van der Waals surface area contributed by atoms with E-state index in [1.165, 1.54) is 5.56 Å². The third kappa shape index (κ3) is 3.09. The van der Waals surface area contributed by atoms with Crippen molar-refractivity contribution in [2.45, 2.75) is 29.3 Å². The lowest BCUT2D eigenvalue weighted by molar-refractivity contribution is -0.0436. The number of alkyl halides is 3. The molecular formula is C18H16F3NO3S. The summed E-state index contributed by atoms with van der Waals surface area (Å²) in [7, 11) is -3.79. The van der Waals surface area contributed by atoms with Crippen LogP contribution in [0.25, 0.3) is 0 Å². The maximum Gasteiger partial charge on any atom is 0.501 e. The first-order valence-electron chi connectivity index (χ1n) is 7.89. The molecule has 1 unspecified atom stereocenters. The summed E-state index contributed by atoms with van der Waals surface area (Å²) in [5.74, 6) is -0.373. The van der Waals surface area contributed by atoms with E-state index in [2.05, 4.69) is 0 Å². The highest BCUT2D eigenvalue weighted by Crippen LogP contribution is 2.36. The average molecular weight is 383 g/mol. The molecule has 0 aliphatic heterocycles. The molecule has 0 bridgehead atoms. The molecule has 0 spiro atoms. The molecular weight excluding hydrogens is 367 g/mol. The molecule has 0 radical (unpaired) electrons. The molecule has 0 saturated carbocycles. The molecule has 1 aliphatic rings. The van der Waals surface area contributed by atoms with Gasteiger partial charge in [0, 0.05) is 12.6 Å². The van der Waals surface area contributed by atoms with Gasteiger partial charge in [-0.05, 0) is 48.2 Å². The average Bonchev–Trinajstić information content (AvgIpc) is 3.03. The van der Waals surface area contributed by atoms with Gasteiger partial charge < -0.3 is 4.90 Å². The van der Waals surface area contributed by atoms with Gasteiger partial charge in [-0.3, -0.25) is 4.79 Å². The SMILES string of the molecule is CN(C(=O)c1ccc(S(=O)(=O)C(F)(F)F)cc1)C1CCc2ccccc21. The maximum absolute atomic E-state index is 12.7. The standard InChI is InChI=1S/C18H16F3NO3S/c1-22(16-11-8-12-4-2-3-5-15(12)16)17(23)13-6-9-14(10-7-13)26(24,25)18(19,20)21/h2-7,9-10,16H,8,11H2,1H3. The van der Waals surface area contributed by atoms with Crippen molar-refractivity contribution in [2.24, 2.45) is 0 Å². The van der Waals surface area contributed by atoms with E-state index in [9.17, 15) is 26.4 Å². The van der Waals surface area contributed by atoms with Crippen LogP contribution in [0.3, 0.4) is 0 Å². The minimum Gasteiger partial charge on any atom is -0.335 e. The van der Waals surface area contributed by atoms with Crippen molar-refractivity contribution in [2.75, 3.05) is 7.05 Å². The van der Waals surface area contributed by atoms with E-state index < -0.39 is 20.2 Å². The van der Waals surface area contributed by atoms with Crippen LogP contribution in [0, 0.1) is 0 Å². The van der Waals surface area contributed by atoms with E-state index >= 15 is 0 Å². The molecule has 1 amide bonds. The van der Waals surface area contributed by atoms with Crippen LogP contribution in [-0.2, 0) is 16.3 Å². The number of hydrogen-bond donors (Lipinski definition) is 0. The Morgan fingerprint density at radius 1 is 1.08 bits per heavy atom. The van der Waals surface area contributed by atoms with Crippen molar-refractivity contribution in [1.29, 1.82) is 0 Å². The molecule has 138 valence electrons. The van der Waals surface area contributed by atoms with Gasteiger partial charge in [-0.2, -0.15) is 13.2 Å². The molecule has 2 aromatic carbocycles. The fourth-order valence-electron chi connectivity index (χ4n) is 3.19. The Hall–Kier alpha value is -2.35. The second kappa shape index (κ2) is 6.42. The normalized spacial score (nSPS) is 17.0. The van der Waals surface area contributed by atoms with E-state index in [1.807, 2.05) is 24.3 Å². The quantitative estimate of drug-likeness (QED) is 0.811. The van der Waals surface area contributed by atoms with Crippen LogP contribution in [0.2, 0.25) is 0 Å². The molecule has 0 heterocycles. The number of hydrogen-bond acceptors (Lipinski definition) is 3. The highest BCUT2D eigenvalue weighted by atomic mass is 32.2. The zero-order valence-electron chi connectivity index (χ0n) is 13.8. The van der Waals surface area contributed by atoms with E-state index in [0.717, 1.165) is 42.7 Å². The number of benzene rings is 2. The summed E-state index contributed by atoms with van der Waals surface area (Å²) in [4.78, 5) is 13.3. The number of aryl methyl sites for hydroxylation is 1. The summed E-state index contributed by atoms with van der Waals surface area (Å²) in [6.07, 6.45) is 1.61.